The minimum atomic E-state index is -1.29. The number of halogens is 3. The predicted octanol–water partition coefficient (Wildman–Crippen LogP) is 3.22. The number of aliphatic carboxylic acids is 1. The Morgan fingerprint density at radius 3 is 2.18 bits per heavy atom. The molecule has 0 aliphatic heterocycles. The average Bonchev–Trinajstić information content (AvgIpc) is 2.14. The van der Waals surface area contributed by atoms with Gasteiger partial charge in [0.05, 0.1) is 0 Å². The summed E-state index contributed by atoms with van der Waals surface area (Å²) >= 11 is 2.92. The number of carboxylic acids is 1. The van der Waals surface area contributed by atoms with E-state index in [1.807, 2.05) is 0 Å². The van der Waals surface area contributed by atoms with Gasteiger partial charge >= 0.3 is 5.97 Å². The smallest absolute Gasteiger partial charge is 0.345 e. The third-order valence-electron chi connectivity index (χ3n) is 2.06. The van der Waals surface area contributed by atoms with Crippen LogP contribution in [-0.4, -0.2) is 17.2 Å². The van der Waals surface area contributed by atoms with E-state index < -0.39 is 35.4 Å². The number of rotatable bonds is 4. The molecule has 1 N–H and O–H groups in total. The van der Waals surface area contributed by atoms with E-state index in [-0.39, 0.29) is 4.47 Å². The van der Waals surface area contributed by atoms with Gasteiger partial charge in [-0.15, -0.1) is 0 Å². The Bertz CT molecular complexity index is 412. The Balaban J connectivity index is 3.05. The lowest BCUT2D eigenvalue weighted by molar-refractivity contribution is -0.147. The molecule has 3 nitrogen and oxygen atoms in total. The molecule has 0 amide bonds. The van der Waals surface area contributed by atoms with Gasteiger partial charge in [-0.2, -0.15) is 0 Å². The Morgan fingerprint density at radius 1 is 1.35 bits per heavy atom. The van der Waals surface area contributed by atoms with Gasteiger partial charge in [-0.25, -0.2) is 13.6 Å². The second kappa shape index (κ2) is 5.44. The van der Waals surface area contributed by atoms with Crippen LogP contribution in [0.25, 0.3) is 0 Å². The first-order valence-electron chi connectivity index (χ1n) is 4.87. The highest BCUT2D eigenvalue weighted by Crippen LogP contribution is 2.27. The molecule has 1 atom stereocenters. The van der Waals surface area contributed by atoms with E-state index in [9.17, 15) is 13.6 Å². The molecule has 94 valence electrons. The highest BCUT2D eigenvalue weighted by Gasteiger charge is 2.26. The highest BCUT2D eigenvalue weighted by atomic mass is 79.9. The summed E-state index contributed by atoms with van der Waals surface area (Å²) in [6, 6.07) is 2.02. The molecule has 1 aromatic rings. The number of ether oxygens (including phenoxy) is 1. The van der Waals surface area contributed by atoms with Crippen molar-refractivity contribution in [2.24, 2.45) is 5.92 Å². The minimum Gasteiger partial charge on any atom is -0.478 e. The van der Waals surface area contributed by atoms with Crippen LogP contribution < -0.4 is 4.74 Å². The molecule has 0 heterocycles. The van der Waals surface area contributed by atoms with E-state index >= 15 is 0 Å². The van der Waals surface area contributed by atoms with Crippen LogP contribution in [0.3, 0.4) is 0 Å². The van der Waals surface area contributed by atoms with E-state index in [4.69, 9.17) is 9.84 Å². The lowest BCUT2D eigenvalue weighted by Gasteiger charge is -2.19. The van der Waals surface area contributed by atoms with E-state index in [0.29, 0.717) is 0 Å². The quantitative estimate of drug-likeness (QED) is 0.929. The minimum absolute atomic E-state index is 0.219. The maximum Gasteiger partial charge on any atom is 0.345 e. The molecule has 1 rings (SSSR count). The third-order valence-corrected chi connectivity index (χ3v) is 2.51. The second-order valence-corrected chi connectivity index (χ2v) is 4.73. The van der Waals surface area contributed by atoms with Crippen LogP contribution in [0.1, 0.15) is 13.8 Å². The van der Waals surface area contributed by atoms with E-state index in [0.717, 1.165) is 12.1 Å². The molecule has 0 saturated carbocycles. The van der Waals surface area contributed by atoms with Gasteiger partial charge in [0, 0.05) is 10.4 Å². The molecule has 0 aromatic heterocycles. The van der Waals surface area contributed by atoms with Gasteiger partial charge in [0.25, 0.3) is 0 Å². The molecule has 0 fully saturated rings. The van der Waals surface area contributed by atoms with Crippen LogP contribution in [0, 0.1) is 17.6 Å². The van der Waals surface area contributed by atoms with Gasteiger partial charge in [-0.05, 0) is 12.1 Å². The first kappa shape index (κ1) is 13.9. The zero-order valence-corrected chi connectivity index (χ0v) is 10.8. The number of carbonyl (C=O) groups is 1. The van der Waals surface area contributed by atoms with Gasteiger partial charge in [0.15, 0.2) is 23.5 Å². The molecular weight excluding hydrogens is 298 g/mol. The van der Waals surface area contributed by atoms with Gasteiger partial charge in [0.1, 0.15) is 0 Å². The van der Waals surface area contributed by atoms with Gasteiger partial charge in [-0.3, -0.25) is 0 Å². The van der Waals surface area contributed by atoms with Crippen LogP contribution in [0.2, 0.25) is 0 Å². The SMILES string of the molecule is CC(C)C(Oc1c(F)cc(Br)cc1F)C(=O)O. The van der Waals surface area contributed by atoms with Crippen LogP contribution >= 0.6 is 15.9 Å². The van der Waals surface area contributed by atoms with E-state index in [1.165, 1.54) is 0 Å². The summed E-state index contributed by atoms with van der Waals surface area (Å²) in [5.74, 6) is -4.22. The Hall–Kier alpha value is -1.17. The molecule has 0 aliphatic rings. The van der Waals surface area contributed by atoms with E-state index in [1.54, 1.807) is 13.8 Å². The Kier molecular flexibility index (Phi) is 4.45. The van der Waals surface area contributed by atoms with Crippen molar-refractivity contribution in [2.75, 3.05) is 0 Å². The molecule has 1 unspecified atom stereocenters. The fourth-order valence-electron chi connectivity index (χ4n) is 1.24. The van der Waals surface area contributed by atoms with Crippen LogP contribution in [0.15, 0.2) is 16.6 Å². The normalized spacial score (nSPS) is 12.6. The Morgan fingerprint density at radius 2 is 1.82 bits per heavy atom. The summed E-state index contributed by atoms with van der Waals surface area (Å²) < 4.78 is 31.9. The predicted molar refractivity (Wildman–Crippen MR) is 60.9 cm³/mol. The van der Waals surface area contributed by atoms with E-state index in [2.05, 4.69) is 15.9 Å². The van der Waals surface area contributed by atoms with Crippen molar-refractivity contribution in [2.45, 2.75) is 20.0 Å². The number of hydrogen-bond donors (Lipinski definition) is 1. The lowest BCUT2D eigenvalue weighted by Crippen LogP contribution is -2.32. The molecule has 0 aliphatic carbocycles. The van der Waals surface area contributed by atoms with Crippen molar-refractivity contribution in [3.05, 3.63) is 28.2 Å². The number of benzene rings is 1. The van der Waals surface area contributed by atoms with Gasteiger partial charge in [-0.1, -0.05) is 29.8 Å². The van der Waals surface area contributed by atoms with Crippen molar-refractivity contribution in [3.63, 3.8) is 0 Å². The zero-order chi connectivity index (χ0) is 13.2. The standard InChI is InChI=1S/C11H11BrF2O3/c1-5(2)9(11(15)16)17-10-7(13)3-6(12)4-8(10)14/h3-5,9H,1-2H3,(H,15,16). The monoisotopic (exact) mass is 308 g/mol. The average molecular weight is 309 g/mol. The van der Waals surface area contributed by atoms with Crippen molar-refractivity contribution in [3.8, 4) is 5.75 Å². The van der Waals surface area contributed by atoms with Gasteiger partial charge in [0.2, 0.25) is 0 Å². The summed E-state index contributed by atoms with van der Waals surface area (Å²) in [5, 5.41) is 8.86. The molecule has 6 heteroatoms. The van der Waals surface area contributed by atoms with Gasteiger partial charge < -0.3 is 9.84 Å². The summed E-state index contributed by atoms with van der Waals surface area (Å²) in [4.78, 5) is 10.9. The zero-order valence-electron chi connectivity index (χ0n) is 9.21. The summed E-state index contributed by atoms with van der Waals surface area (Å²) in [7, 11) is 0. The molecule has 0 saturated heterocycles. The van der Waals surface area contributed by atoms with Crippen LogP contribution in [0.5, 0.6) is 5.75 Å². The largest absolute Gasteiger partial charge is 0.478 e. The van der Waals surface area contributed by atoms with Crippen molar-refractivity contribution in [1.82, 2.24) is 0 Å². The van der Waals surface area contributed by atoms with Crippen molar-refractivity contribution in [1.29, 1.82) is 0 Å². The van der Waals surface area contributed by atoms with Crippen molar-refractivity contribution < 1.29 is 23.4 Å². The molecular formula is C11H11BrF2O3. The molecule has 1 aromatic carbocycles. The molecule has 0 bridgehead atoms. The van der Waals surface area contributed by atoms with Crippen LogP contribution in [0.4, 0.5) is 8.78 Å². The highest BCUT2D eigenvalue weighted by molar-refractivity contribution is 9.10. The molecule has 17 heavy (non-hydrogen) atoms. The summed E-state index contributed by atoms with van der Waals surface area (Å²) in [5.41, 5.74) is 0. The third kappa shape index (κ3) is 3.39. The topological polar surface area (TPSA) is 46.5 Å². The fourth-order valence-corrected chi connectivity index (χ4v) is 1.64. The summed E-state index contributed by atoms with van der Waals surface area (Å²) in [6.45, 7) is 3.18. The first-order chi connectivity index (χ1) is 7.82. The number of hydrogen-bond acceptors (Lipinski definition) is 2. The second-order valence-electron chi connectivity index (χ2n) is 3.82. The lowest BCUT2D eigenvalue weighted by atomic mass is 10.1. The summed E-state index contributed by atoms with van der Waals surface area (Å²) in [6.07, 6.45) is -1.29. The van der Waals surface area contributed by atoms with Crippen LogP contribution in [-0.2, 0) is 4.79 Å². The van der Waals surface area contributed by atoms with Crippen molar-refractivity contribution >= 4 is 21.9 Å². The maximum absolute atomic E-state index is 13.4. The first-order valence-corrected chi connectivity index (χ1v) is 5.66. The molecule has 0 spiro atoms. The Labute approximate surface area is 106 Å². The fraction of sp³-hybridized carbons (Fsp3) is 0.364. The molecule has 0 radical (unpaired) electrons. The number of carboxylic acid groups (broad SMARTS) is 1. The maximum atomic E-state index is 13.4.